The number of hydrogen-bond donors (Lipinski definition) is 2. The number of rotatable bonds is 3. The number of nitrogens with two attached hydrogens (primary N) is 1. The van der Waals surface area contributed by atoms with E-state index in [4.69, 9.17) is 22.1 Å². The van der Waals surface area contributed by atoms with Crippen molar-refractivity contribution in [3.63, 3.8) is 0 Å². The minimum atomic E-state index is -0.485. The van der Waals surface area contributed by atoms with E-state index in [0.29, 0.717) is 18.0 Å². The summed E-state index contributed by atoms with van der Waals surface area (Å²) in [5.74, 6) is 0.590. The smallest absolute Gasteiger partial charge is 0.261 e. The van der Waals surface area contributed by atoms with E-state index >= 15 is 0 Å². The molecule has 98 valence electrons. The highest BCUT2D eigenvalue weighted by atomic mass is 35.5. The number of ether oxygens (including phenoxy) is 1. The number of hydrogen-bond acceptors (Lipinski definition) is 3. The van der Waals surface area contributed by atoms with Crippen molar-refractivity contribution in [2.75, 3.05) is 6.54 Å². The van der Waals surface area contributed by atoms with E-state index in [0.717, 1.165) is 11.3 Å². The lowest BCUT2D eigenvalue weighted by Gasteiger charge is -2.20. The molecular weight excluding hydrogens is 252 g/mol. The van der Waals surface area contributed by atoms with Crippen molar-refractivity contribution >= 4 is 17.5 Å². The van der Waals surface area contributed by atoms with Crippen molar-refractivity contribution < 1.29 is 9.53 Å². The summed E-state index contributed by atoms with van der Waals surface area (Å²) in [6, 6.07) is 5.37. The number of amides is 1. The molecule has 3 N–H and O–H groups in total. The van der Waals surface area contributed by atoms with Gasteiger partial charge in [0, 0.05) is 23.5 Å². The van der Waals surface area contributed by atoms with Crippen LogP contribution in [0.5, 0.6) is 5.75 Å². The number of benzene rings is 1. The molecule has 0 fully saturated rings. The van der Waals surface area contributed by atoms with Crippen LogP contribution in [0.3, 0.4) is 0 Å². The van der Waals surface area contributed by atoms with Crippen LogP contribution in [0.15, 0.2) is 18.2 Å². The molecule has 2 rings (SSSR count). The van der Waals surface area contributed by atoms with Crippen molar-refractivity contribution in [1.29, 1.82) is 0 Å². The quantitative estimate of drug-likeness (QED) is 0.873. The lowest BCUT2D eigenvalue weighted by molar-refractivity contribution is -0.127. The molecule has 0 aromatic heterocycles. The minimum absolute atomic E-state index is 0.138. The molecule has 1 aromatic rings. The molecule has 1 aromatic carbocycles. The van der Waals surface area contributed by atoms with Gasteiger partial charge >= 0.3 is 0 Å². The molecule has 0 radical (unpaired) electrons. The number of carbonyl (C=O) groups excluding carboxylic acids is 1. The number of carbonyl (C=O) groups is 1. The van der Waals surface area contributed by atoms with Crippen molar-refractivity contribution in [1.82, 2.24) is 5.32 Å². The Morgan fingerprint density at radius 2 is 2.33 bits per heavy atom. The van der Waals surface area contributed by atoms with E-state index in [-0.39, 0.29) is 5.91 Å². The fourth-order valence-corrected chi connectivity index (χ4v) is 1.99. The first kappa shape index (κ1) is 13.2. The summed E-state index contributed by atoms with van der Waals surface area (Å²) < 4.78 is 5.58. The van der Waals surface area contributed by atoms with Crippen molar-refractivity contribution in [3.8, 4) is 5.75 Å². The van der Waals surface area contributed by atoms with Gasteiger partial charge in [-0.25, -0.2) is 0 Å². The van der Waals surface area contributed by atoms with Crippen LogP contribution >= 0.6 is 11.6 Å². The molecule has 1 aliphatic heterocycles. The van der Waals surface area contributed by atoms with Crippen LogP contribution in [0.1, 0.15) is 19.4 Å². The fraction of sp³-hybridized carbons (Fsp3) is 0.462. The van der Waals surface area contributed by atoms with Gasteiger partial charge in [0.1, 0.15) is 5.75 Å². The second-order valence-corrected chi connectivity index (χ2v) is 5.71. The van der Waals surface area contributed by atoms with Gasteiger partial charge in [-0.05, 0) is 37.6 Å². The molecule has 0 bridgehead atoms. The molecule has 0 saturated carbocycles. The summed E-state index contributed by atoms with van der Waals surface area (Å²) in [6.07, 6.45) is 0.0630. The van der Waals surface area contributed by atoms with Gasteiger partial charge in [-0.1, -0.05) is 11.6 Å². The van der Waals surface area contributed by atoms with Crippen LogP contribution in [0, 0.1) is 0 Å². The topological polar surface area (TPSA) is 64.3 Å². The molecule has 0 saturated heterocycles. The zero-order chi connectivity index (χ0) is 13.3. The highest BCUT2D eigenvalue weighted by molar-refractivity contribution is 6.30. The summed E-state index contributed by atoms with van der Waals surface area (Å²) in [7, 11) is 0. The summed E-state index contributed by atoms with van der Waals surface area (Å²) in [4.78, 5) is 11.9. The molecule has 0 aliphatic carbocycles. The second kappa shape index (κ2) is 4.78. The predicted molar refractivity (Wildman–Crippen MR) is 70.8 cm³/mol. The molecule has 4 nitrogen and oxygen atoms in total. The Hall–Kier alpha value is -1.26. The third kappa shape index (κ3) is 3.15. The average molecular weight is 269 g/mol. The minimum Gasteiger partial charge on any atom is -0.480 e. The van der Waals surface area contributed by atoms with Gasteiger partial charge in [-0.2, -0.15) is 0 Å². The van der Waals surface area contributed by atoms with Crippen LogP contribution in [0.4, 0.5) is 0 Å². The highest BCUT2D eigenvalue weighted by Gasteiger charge is 2.29. The van der Waals surface area contributed by atoms with Gasteiger partial charge in [0.2, 0.25) is 0 Å². The molecular formula is C13H17ClN2O2. The normalized spacial score (nSPS) is 18.1. The van der Waals surface area contributed by atoms with E-state index in [1.54, 1.807) is 12.1 Å². The lowest BCUT2D eigenvalue weighted by Crippen LogP contribution is -2.48. The highest BCUT2D eigenvalue weighted by Crippen LogP contribution is 2.31. The van der Waals surface area contributed by atoms with Crippen LogP contribution < -0.4 is 15.8 Å². The van der Waals surface area contributed by atoms with E-state index in [2.05, 4.69) is 5.32 Å². The zero-order valence-electron chi connectivity index (χ0n) is 10.5. The maximum absolute atomic E-state index is 11.9. The lowest BCUT2D eigenvalue weighted by atomic mass is 10.1. The SMILES string of the molecule is CC(C)(N)CNC(=O)C1Cc2cc(Cl)ccc2O1. The zero-order valence-corrected chi connectivity index (χ0v) is 11.3. The Labute approximate surface area is 111 Å². The Bertz CT molecular complexity index is 469. The summed E-state index contributed by atoms with van der Waals surface area (Å²) >= 11 is 5.90. The maximum atomic E-state index is 11.9. The molecule has 18 heavy (non-hydrogen) atoms. The van der Waals surface area contributed by atoms with Gasteiger partial charge in [-0.15, -0.1) is 0 Å². The third-order valence-corrected chi connectivity index (χ3v) is 2.94. The fourth-order valence-electron chi connectivity index (χ4n) is 1.79. The summed E-state index contributed by atoms with van der Waals surface area (Å²) in [6.45, 7) is 4.14. The predicted octanol–water partition coefficient (Wildman–Crippen LogP) is 1.50. The molecule has 1 heterocycles. The van der Waals surface area contributed by atoms with Gasteiger partial charge in [0.05, 0.1) is 0 Å². The van der Waals surface area contributed by atoms with Crippen molar-refractivity contribution in [3.05, 3.63) is 28.8 Å². The molecule has 1 atom stereocenters. The first-order chi connectivity index (χ1) is 8.35. The van der Waals surface area contributed by atoms with E-state index in [1.807, 2.05) is 19.9 Å². The number of fused-ring (bicyclic) bond motifs is 1. The molecule has 0 spiro atoms. The van der Waals surface area contributed by atoms with E-state index < -0.39 is 11.6 Å². The Kier molecular flexibility index (Phi) is 3.50. The Morgan fingerprint density at radius 3 is 3.00 bits per heavy atom. The van der Waals surface area contributed by atoms with Crippen molar-refractivity contribution in [2.45, 2.75) is 31.9 Å². The average Bonchev–Trinajstić information content (AvgIpc) is 2.67. The van der Waals surface area contributed by atoms with Crippen LogP contribution in [0.25, 0.3) is 0 Å². The van der Waals surface area contributed by atoms with Crippen LogP contribution in [-0.4, -0.2) is 24.1 Å². The molecule has 1 amide bonds. The van der Waals surface area contributed by atoms with Gasteiger partial charge < -0.3 is 15.8 Å². The summed E-state index contributed by atoms with van der Waals surface area (Å²) in [5.41, 5.74) is 6.35. The van der Waals surface area contributed by atoms with Crippen LogP contribution in [-0.2, 0) is 11.2 Å². The van der Waals surface area contributed by atoms with Gasteiger partial charge in [-0.3, -0.25) is 4.79 Å². The Morgan fingerprint density at radius 1 is 1.61 bits per heavy atom. The van der Waals surface area contributed by atoms with Crippen molar-refractivity contribution in [2.24, 2.45) is 5.73 Å². The van der Waals surface area contributed by atoms with Crippen LogP contribution in [0.2, 0.25) is 5.02 Å². The first-order valence-electron chi connectivity index (χ1n) is 5.87. The Balaban J connectivity index is 1.96. The standard InChI is InChI=1S/C13H17ClN2O2/c1-13(2,15)7-16-12(17)11-6-8-5-9(14)3-4-10(8)18-11/h3-5,11H,6-7,15H2,1-2H3,(H,16,17). The molecule has 5 heteroatoms. The van der Waals surface area contributed by atoms with Gasteiger partial charge in [0.25, 0.3) is 5.91 Å². The molecule has 1 unspecified atom stereocenters. The van der Waals surface area contributed by atoms with Gasteiger partial charge in [0.15, 0.2) is 6.10 Å². The molecule has 1 aliphatic rings. The second-order valence-electron chi connectivity index (χ2n) is 5.27. The number of nitrogens with one attached hydrogen (secondary N) is 1. The largest absolute Gasteiger partial charge is 0.480 e. The summed E-state index contributed by atoms with van der Waals surface area (Å²) in [5, 5.41) is 3.45. The number of halogens is 1. The maximum Gasteiger partial charge on any atom is 0.261 e. The monoisotopic (exact) mass is 268 g/mol. The first-order valence-corrected chi connectivity index (χ1v) is 6.25. The van der Waals surface area contributed by atoms with E-state index in [1.165, 1.54) is 0 Å². The third-order valence-electron chi connectivity index (χ3n) is 2.71. The van der Waals surface area contributed by atoms with E-state index in [9.17, 15) is 4.79 Å².